The Balaban J connectivity index is 2.67. The molecule has 0 radical (unpaired) electrons. The third-order valence-electron chi connectivity index (χ3n) is 2.86. The molecule has 0 aromatic rings. The minimum Gasteiger partial charge on any atom is -0.330 e. The maximum Gasteiger partial charge on any atom is 0.245 e. The minimum atomic E-state index is -3.06. The van der Waals surface area contributed by atoms with Gasteiger partial charge in [0, 0.05) is 6.42 Å². The zero-order valence-corrected chi connectivity index (χ0v) is 9.56. The first kappa shape index (κ1) is 12.8. The lowest BCUT2D eigenvalue weighted by atomic mass is 9.86. The first-order valence-corrected chi connectivity index (χ1v) is 6.84. The van der Waals surface area contributed by atoms with Crippen LogP contribution < -0.4 is 5.73 Å². The highest BCUT2D eigenvalue weighted by Crippen LogP contribution is 2.33. The van der Waals surface area contributed by atoms with Crippen molar-refractivity contribution < 1.29 is 17.2 Å². The predicted octanol–water partition coefficient (Wildman–Crippen LogP) is 1.04. The molecular weight excluding hydrogens is 224 g/mol. The van der Waals surface area contributed by atoms with Crippen LogP contribution in [0, 0.1) is 11.8 Å². The van der Waals surface area contributed by atoms with E-state index in [0.29, 0.717) is 6.42 Å². The van der Waals surface area contributed by atoms with Gasteiger partial charge in [-0.25, -0.2) is 17.2 Å². The van der Waals surface area contributed by atoms with Gasteiger partial charge in [-0.15, -0.1) is 0 Å². The lowest BCUT2D eigenvalue weighted by molar-refractivity contribution is -0.0117. The molecule has 1 aliphatic heterocycles. The molecule has 2 N–H and O–H groups in total. The van der Waals surface area contributed by atoms with Crippen molar-refractivity contribution in [3.8, 4) is 0 Å². The monoisotopic (exact) mass is 241 g/mol. The SMILES string of the molecule is CC(F)(F)CC1CCS(=O)(=O)CC1CN. The Morgan fingerprint density at radius 3 is 2.47 bits per heavy atom. The molecule has 2 unspecified atom stereocenters. The van der Waals surface area contributed by atoms with Crippen LogP contribution in [0.2, 0.25) is 0 Å². The van der Waals surface area contributed by atoms with Crippen LogP contribution in [0.1, 0.15) is 19.8 Å². The van der Waals surface area contributed by atoms with Crippen molar-refractivity contribution in [3.05, 3.63) is 0 Å². The van der Waals surface area contributed by atoms with Crippen molar-refractivity contribution in [2.45, 2.75) is 25.7 Å². The molecule has 0 bridgehead atoms. The van der Waals surface area contributed by atoms with E-state index in [1.165, 1.54) is 0 Å². The fourth-order valence-corrected chi connectivity index (χ4v) is 3.99. The van der Waals surface area contributed by atoms with Gasteiger partial charge in [0.05, 0.1) is 11.5 Å². The summed E-state index contributed by atoms with van der Waals surface area (Å²) in [4.78, 5) is 0. The van der Waals surface area contributed by atoms with Gasteiger partial charge in [-0.2, -0.15) is 0 Å². The number of sulfone groups is 1. The van der Waals surface area contributed by atoms with Crippen LogP contribution in [-0.2, 0) is 9.84 Å². The molecule has 0 aromatic carbocycles. The second-order valence-electron chi connectivity index (χ2n) is 4.43. The van der Waals surface area contributed by atoms with Gasteiger partial charge in [-0.05, 0) is 31.7 Å². The highest BCUT2D eigenvalue weighted by atomic mass is 32.2. The Kier molecular flexibility index (Phi) is 3.71. The van der Waals surface area contributed by atoms with E-state index in [-0.39, 0.29) is 36.3 Å². The van der Waals surface area contributed by atoms with Gasteiger partial charge in [-0.3, -0.25) is 0 Å². The lowest BCUT2D eigenvalue weighted by Crippen LogP contribution is -2.39. The zero-order valence-electron chi connectivity index (χ0n) is 8.75. The Labute approximate surface area is 88.9 Å². The highest BCUT2D eigenvalue weighted by molar-refractivity contribution is 7.91. The van der Waals surface area contributed by atoms with Crippen LogP contribution in [0.15, 0.2) is 0 Å². The molecule has 1 aliphatic rings. The van der Waals surface area contributed by atoms with Gasteiger partial charge in [-0.1, -0.05) is 0 Å². The molecule has 1 heterocycles. The molecule has 90 valence electrons. The van der Waals surface area contributed by atoms with Gasteiger partial charge in [0.2, 0.25) is 5.92 Å². The Morgan fingerprint density at radius 1 is 1.40 bits per heavy atom. The van der Waals surface area contributed by atoms with E-state index in [1.54, 1.807) is 0 Å². The Hall–Kier alpha value is -0.230. The first-order chi connectivity index (χ1) is 6.73. The molecule has 0 aromatic heterocycles. The molecule has 2 atom stereocenters. The Morgan fingerprint density at radius 2 is 2.00 bits per heavy atom. The highest BCUT2D eigenvalue weighted by Gasteiger charge is 2.37. The summed E-state index contributed by atoms with van der Waals surface area (Å²) in [6.45, 7) is 1.03. The average Bonchev–Trinajstić information content (AvgIpc) is 2.05. The van der Waals surface area contributed by atoms with E-state index < -0.39 is 15.8 Å². The quantitative estimate of drug-likeness (QED) is 0.803. The standard InChI is InChI=1S/C9H17F2NO2S/c1-9(10,11)4-7-2-3-15(13,14)6-8(7)5-12/h7-8H,2-6,12H2,1H3. The van der Waals surface area contributed by atoms with Crippen molar-refractivity contribution in [2.75, 3.05) is 18.1 Å². The summed E-state index contributed by atoms with van der Waals surface area (Å²) >= 11 is 0. The summed E-state index contributed by atoms with van der Waals surface area (Å²) in [6.07, 6.45) is 0.0536. The largest absolute Gasteiger partial charge is 0.330 e. The van der Waals surface area contributed by atoms with Gasteiger partial charge in [0.25, 0.3) is 0 Å². The topological polar surface area (TPSA) is 60.2 Å². The van der Waals surface area contributed by atoms with Crippen LogP contribution in [0.3, 0.4) is 0 Å². The zero-order chi connectivity index (χ0) is 11.7. The van der Waals surface area contributed by atoms with Crippen LogP contribution in [0.4, 0.5) is 8.78 Å². The normalized spacial score (nSPS) is 31.5. The third-order valence-corrected chi connectivity index (χ3v) is 4.65. The summed E-state index contributed by atoms with van der Waals surface area (Å²) in [5.74, 6) is -3.33. The fourth-order valence-electron chi connectivity index (χ4n) is 2.10. The maximum atomic E-state index is 12.8. The summed E-state index contributed by atoms with van der Waals surface area (Å²) in [7, 11) is -3.06. The Bertz CT molecular complexity index is 311. The van der Waals surface area contributed by atoms with Crippen LogP contribution in [0.5, 0.6) is 0 Å². The minimum absolute atomic E-state index is 0.0181. The van der Waals surface area contributed by atoms with Crippen LogP contribution in [-0.4, -0.2) is 32.4 Å². The number of halogens is 2. The maximum absolute atomic E-state index is 12.8. The molecule has 0 spiro atoms. The van der Waals surface area contributed by atoms with Gasteiger partial charge < -0.3 is 5.73 Å². The van der Waals surface area contributed by atoms with E-state index in [0.717, 1.165) is 6.92 Å². The van der Waals surface area contributed by atoms with Gasteiger partial charge in [0.1, 0.15) is 0 Å². The molecule has 15 heavy (non-hydrogen) atoms. The molecule has 1 fully saturated rings. The van der Waals surface area contributed by atoms with Crippen LogP contribution in [0.25, 0.3) is 0 Å². The number of nitrogens with two attached hydrogens (primary N) is 1. The van der Waals surface area contributed by atoms with E-state index in [2.05, 4.69) is 0 Å². The van der Waals surface area contributed by atoms with Crippen molar-refractivity contribution in [1.82, 2.24) is 0 Å². The number of rotatable bonds is 3. The molecule has 0 amide bonds. The molecule has 1 rings (SSSR count). The van der Waals surface area contributed by atoms with E-state index >= 15 is 0 Å². The van der Waals surface area contributed by atoms with E-state index in [9.17, 15) is 17.2 Å². The van der Waals surface area contributed by atoms with E-state index in [1.807, 2.05) is 0 Å². The van der Waals surface area contributed by atoms with Gasteiger partial charge in [0.15, 0.2) is 9.84 Å². The predicted molar refractivity (Wildman–Crippen MR) is 54.5 cm³/mol. The number of alkyl halides is 2. The number of hydrogen-bond donors (Lipinski definition) is 1. The molecule has 6 heteroatoms. The van der Waals surface area contributed by atoms with Crippen molar-refractivity contribution in [3.63, 3.8) is 0 Å². The number of hydrogen-bond acceptors (Lipinski definition) is 3. The van der Waals surface area contributed by atoms with Gasteiger partial charge >= 0.3 is 0 Å². The molecule has 1 saturated heterocycles. The summed E-state index contributed by atoms with van der Waals surface area (Å²) in [6, 6.07) is 0. The van der Waals surface area contributed by atoms with Crippen molar-refractivity contribution in [1.29, 1.82) is 0 Å². The fraction of sp³-hybridized carbons (Fsp3) is 1.00. The molecule has 0 saturated carbocycles. The molecular formula is C9H17F2NO2S. The average molecular weight is 241 g/mol. The first-order valence-electron chi connectivity index (χ1n) is 5.02. The summed E-state index contributed by atoms with van der Waals surface area (Å²) in [5, 5.41) is 0. The third kappa shape index (κ3) is 4.03. The lowest BCUT2D eigenvalue weighted by Gasteiger charge is -2.32. The summed E-state index contributed by atoms with van der Waals surface area (Å²) in [5.41, 5.74) is 5.42. The van der Waals surface area contributed by atoms with Crippen LogP contribution >= 0.6 is 0 Å². The van der Waals surface area contributed by atoms with E-state index in [4.69, 9.17) is 5.73 Å². The second-order valence-corrected chi connectivity index (χ2v) is 6.66. The molecule has 0 aliphatic carbocycles. The van der Waals surface area contributed by atoms with Crippen molar-refractivity contribution in [2.24, 2.45) is 17.6 Å². The van der Waals surface area contributed by atoms with Crippen molar-refractivity contribution >= 4 is 9.84 Å². The summed E-state index contributed by atoms with van der Waals surface area (Å²) < 4.78 is 48.2. The molecule has 3 nitrogen and oxygen atoms in total. The smallest absolute Gasteiger partial charge is 0.245 e. The second kappa shape index (κ2) is 4.33.